The second-order valence-electron chi connectivity index (χ2n) is 20.1. The largest absolute Gasteiger partial charge is 0.481 e. The fourth-order valence-corrected chi connectivity index (χ4v) is 11.7. The van der Waals surface area contributed by atoms with E-state index in [9.17, 15) is 24.9 Å². The van der Waals surface area contributed by atoms with Gasteiger partial charge in [-0.25, -0.2) is 0 Å². The molecule has 2 heterocycles. The maximum Gasteiger partial charge on any atom is 0.309 e. The van der Waals surface area contributed by atoms with Gasteiger partial charge in [-0.1, -0.05) is 88.0 Å². The topological polar surface area (TPSA) is 113 Å². The third-order valence-corrected chi connectivity index (χ3v) is 15.1. The third-order valence-electron chi connectivity index (χ3n) is 15.1. The van der Waals surface area contributed by atoms with Crippen molar-refractivity contribution >= 4 is 11.9 Å². The van der Waals surface area contributed by atoms with Crippen molar-refractivity contribution in [2.45, 2.75) is 189 Å². The van der Waals surface area contributed by atoms with E-state index in [0.717, 1.165) is 89.9 Å². The van der Waals surface area contributed by atoms with Crippen LogP contribution in [-0.4, -0.2) is 51.4 Å². The maximum atomic E-state index is 11.7. The van der Waals surface area contributed by atoms with Gasteiger partial charge in [0.2, 0.25) is 0 Å². The molecule has 7 rings (SSSR count). The molecule has 2 aliphatic heterocycles. The van der Waals surface area contributed by atoms with Crippen molar-refractivity contribution in [2.75, 3.05) is 0 Å². The summed E-state index contributed by atoms with van der Waals surface area (Å²) in [5, 5.41) is 29.4. The van der Waals surface area contributed by atoms with Crippen LogP contribution < -0.4 is 0 Å². The molecule has 1 spiro atoms. The van der Waals surface area contributed by atoms with Gasteiger partial charge in [-0.3, -0.25) is 9.59 Å². The lowest BCUT2D eigenvalue weighted by Crippen LogP contribution is -2.51. The standard InChI is InChI=1S/C14H24O3.C14H24O2.C13H22O2/c1-8-7-10-12(13(2,3)4)17-14(16-10)9(8)5-6-11(14)15;1-10-11-6-4-5-7-14(11,12(15)16)9-8-13(10,2)3;1-12(2)7-8-13(11(14)15)6-4-3-5-10(13)9-12/h8-12,15H,5-7H2,1-4H3;10-11H,4-9H2,1-3H3,(H,15,16);10H,3-9H2,1-2H3,(H,14,15). The lowest BCUT2D eigenvalue weighted by molar-refractivity contribution is -0.267. The highest BCUT2D eigenvalue weighted by molar-refractivity contribution is 5.76. The summed E-state index contributed by atoms with van der Waals surface area (Å²) in [4.78, 5) is 23.2. The van der Waals surface area contributed by atoms with Crippen LogP contribution in [0.5, 0.6) is 0 Å². The Hall–Kier alpha value is -1.18. The Morgan fingerprint density at radius 3 is 1.94 bits per heavy atom. The first-order chi connectivity index (χ1) is 22.2. The van der Waals surface area contributed by atoms with E-state index in [0.29, 0.717) is 40.4 Å². The zero-order valence-corrected chi connectivity index (χ0v) is 31.9. The molecule has 2 saturated heterocycles. The molecule has 0 aromatic carbocycles. The molecule has 48 heavy (non-hydrogen) atoms. The van der Waals surface area contributed by atoms with Gasteiger partial charge in [0.1, 0.15) is 6.10 Å². The number of aliphatic hydroxyl groups excluding tert-OH is 1. The summed E-state index contributed by atoms with van der Waals surface area (Å²) in [6.07, 6.45) is 16.6. The number of aliphatic carboxylic acids is 2. The molecule has 5 saturated carbocycles. The highest BCUT2D eigenvalue weighted by Gasteiger charge is 2.65. The van der Waals surface area contributed by atoms with Crippen LogP contribution in [-0.2, 0) is 19.1 Å². The van der Waals surface area contributed by atoms with Crippen molar-refractivity contribution < 1.29 is 34.4 Å². The summed E-state index contributed by atoms with van der Waals surface area (Å²) >= 11 is 0. The molecule has 5 aliphatic carbocycles. The first kappa shape index (κ1) is 38.1. The number of aliphatic hydroxyl groups is 1. The van der Waals surface area contributed by atoms with E-state index < -0.39 is 23.8 Å². The molecule has 7 nitrogen and oxygen atoms in total. The SMILES string of the molecule is CC1(C)CCC2(C(=O)O)CCCCC2C1.CC1C2CCCCC2(C(=O)O)CCC1(C)C.CC1CC2OC3(OC2C(C)(C)C)C(O)CCC13. The number of carbonyl (C=O) groups is 2. The van der Waals surface area contributed by atoms with Crippen molar-refractivity contribution in [3.05, 3.63) is 0 Å². The number of rotatable bonds is 2. The smallest absolute Gasteiger partial charge is 0.309 e. The van der Waals surface area contributed by atoms with E-state index in [2.05, 4.69) is 62.3 Å². The highest BCUT2D eigenvalue weighted by Crippen LogP contribution is 2.59. The molecule has 0 amide bonds. The molecule has 7 heteroatoms. The van der Waals surface area contributed by atoms with E-state index in [1.54, 1.807) is 0 Å². The van der Waals surface area contributed by atoms with Crippen molar-refractivity contribution in [1.29, 1.82) is 0 Å². The van der Waals surface area contributed by atoms with Crippen LogP contribution in [0.1, 0.15) is 165 Å². The van der Waals surface area contributed by atoms with Gasteiger partial charge in [0, 0.05) is 5.92 Å². The van der Waals surface area contributed by atoms with E-state index in [1.807, 2.05) is 0 Å². The van der Waals surface area contributed by atoms with Gasteiger partial charge in [0.15, 0.2) is 5.79 Å². The predicted octanol–water partition coefficient (Wildman–Crippen LogP) is 9.48. The van der Waals surface area contributed by atoms with Crippen molar-refractivity contribution in [3.8, 4) is 0 Å². The molecule has 0 aromatic heterocycles. The van der Waals surface area contributed by atoms with Crippen LogP contribution in [0.2, 0.25) is 0 Å². The zero-order valence-electron chi connectivity index (χ0n) is 31.9. The molecule has 0 aromatic rings. The van der Waals surface area contributed by atoms with E-state index in [1.165, 1.54) is 12.8 Å². The minimum Gasteiger partial charge on any atom is -0.481 e. The first-order valence-corrected chi connectivity index (χ1v) is 19.7. The van der Waals surface area contributed by atoms with Crippen LogP contribution in [0, 0.1) is 56.7 Å². The van der Waals surface area contributed by atoms with Crippen LogP contribution in [0.4, 0.5) is 0 Å². The molecule has 11 unspecified atom stereocenters. The van der Waals surface area contributed by atoms with Crippen molar-refractivity contribution in [1.82, 2.24) is 0 Å². The molecule has 11 atom stereocenters. The van der Waals surface area contributed by atoms with E-state index in [4.69, 9.17) is 9.47 Å². The fraction of sp³-hybridized carbons (Fsp3) is 0.951. The normalized spacial score (nSPS) is 45.5. The second kappa shape index (κ2) is 13.4. The second-order valence-corrected chi connectivity index (χ2v) is 20.1. The van der Waals surface area contributed by atoms with Gasteiger partial charge in [-0.2, -0.15) is 0 Å². The first-order valence-electron chi connectivity index (χ1n) is 19.7. The Morgan fingerprint density at radius 1 is 0.708 bits per heavy atom. The summed E-state index contributed by atoms with van der Waals surface area (Å²) in [5.74, 6) is 0.620. The Labute approximate surface area is 291 Å². The van der Waals surface area contributed by atoms with Crippen molar-refractivity contribution in [2.24, 2.45) is 56.7 Å². The minimum absolute atomic E-state index is 0.0745. The Balaban J connectivity index is 0.000000141. The fourth-order valence-electron chi connectivity index (χ4n) is 11.7. The number of carboxylic acid groups (broad SMARTS) is 2. The van der Waals surface area contributed by atoms with Crippen LogP contribution in [0.25, 0.3) is 0 Å². The van der Waals surface area contributed by atoms with Gasteiger partial charge in [0.25, 0.3) is 0 Å². The van der Waals surface area contributed by atoms with Gasteiger partial charge in [0.05, 0.1) is 23.0 Å². The summed E-state index contributed by atoms with van der Waals surface area (Å²) in [6.45, 7) is 20.3. The summed E-state index contributed by atoms with van der Waals surface area (Å²) in [7, 11) is 0. The van der Waals surface area contributed by atoms with Gasteiger partial charge in [-0.05, 0) is 117 Å². The van der Waals surface area contributed by atoms with Crippen LogP contribution >= 0.6 is 0 Å². The molecule has 2 bridgehead atoms. The number of hydrogen-bond acceptors (Lipinski definition) is 5. The summed E-state index contributed by atoms with van der Waals surface area (Å²) in [6, 6.07) is 0. The Bertz CT molecular complexity index is 1170. The van der Waals surface area contributed by atoms with Crippen LogP contribution in [0.3, 0.4) is 0 Å². The number of fused-ring (bicyclic) bond motifs is 3. The monoisotopic (exact) mass is 675 g/mol. The molecule has 0 radical (unpaired) electrons. The van der Waals surface area contributed by atoms with Gasteiger partial charge < -0.3 is 24.8 Å². The zero-order chi connectivity index (χ0) is 35.5. The van der Waals surface area contributed by atoms with E-state index in [-0.39, 0.29) is 28.5 Å². The average Bonchev–Trinajstić information content (AvgIpc) is 3.52. The molecule has 7 aliphatic rings. The van der Waals surface area contributed by atoms with Crippen molar-refractivity contribution in [3.63, 3.8) is 0 Å². The van der Waals surface area contributed by atoms with Gasteiger partial charge >= 0.3 is 11.9 Å². The Kier molecular flexibility index (Phi) is 10.6. The van der Waals surface area contributed by atoms with Gasteiger partial charge in [-0.15, -0.1) is 0 Å². The van der Waals surface area contributed by atoms with Crippen LogP contribution in [0.15, 0.2) is 0 Å². The number of carboxylic acids is 2. The lowest BCUT2D eigenvalue weighted by Gasteiger charge is -2.54. The predicted molar refractivity (Wildman–Crippen MR) is 188 cm³/mol. The molecule has 3 N–H and O–H groups in total. The van der Waals surface area contributed by atoms with E-state index >= 15 is 0 Å². The molecule has 7 fully saturated rings. The quantitative estimate of drug-likeness (QED) is 0.267. The number of hydrogen-bond donors (Lipinski definition) is 3. The molecular formula is C41H70O7. The third kappa shape index (κ3) is 6.76. The maximum absolute atomic E-state index is 11.7. The lowest BCUT2D eigenvalue weighted by atomic mass is 9.50. The highest BCUT2D eigenvalue weighted by atomic mass is 16.8. The Morgan fingerprint density at radius 2 is 1.31 bits per heavy atom. The molecular weight excluding hydrogens is 604 g/mol. The molecule has 276 valence electrons. The average molecular weight is 675 g/mol. The summed E-state index contributed by atoms with van der Waals surface area (Å²) < 4.78 is 12.4. The summed E-state index contributed by atoms with van der Waals surface area (Å²) in [5.41, 5.74) is 0.0218. The minimum atomic E-state index is -0.680. The number of ether oxygens (including phenoxy) is 2.